The third-order valence-corrected chi connectivity index (χ3v) is 3.85. The zero-order chi connectivity index (χ0) is 15.7. The van der Waals surface area contributed by atoms with Gasteiger partial charge >= 0.3 is 0 Å². The summed E-state index contributed by atoms with van der Waals surface area (Å²) in [6, 6.07) is -0.188. The monoisotopic (exact) mass is 301 g/mol. The Morgan fingerprint density at radius 3 is 2.25 bits per heavy atom. The average Bonchev–Trinajstić information content (AvgIpc) is 2.38. The quantitative estimate of drug-likeness (QED) is 0.558. The van der Waals surface area contributed by atoms with E-state index < -0.39 is 0 Å². The molecule has 0 radical (unpaired) electrons. The second kappa shape index (κ2) is 9.83. The molecule has 0 bridgehead atoms. The highest BCUT2D eigenvalue weighted by Gasteiger charge is 2.11. The lowest BCUT2D eigenvalue weighted by Crippen LogP contribution is -2.41. The van der Waals surface area contributed by atoms with E-state index in [-0.39, 0.29) is 36.7 Å². The van der Waals surface area contributed by atoms with Gasteiger partial charge in [0, 0.05) is 17.4 Å². The summed E-state index contributed by atoms with van der Waals surface area (Å²) in [4.78, 5) is 22.9. The van der Waals surface area contributed by atoms with Crippen LogP contribution < -0.4 is 16.4 Å². The molecule has 0 saturated heterocycles. The molecule has 0 aliphatic rings. The average molecular weight is 301 g/mol. The molecule has 6 heteroatoms. The first-order chi connectivity index (χ1) is 9.23. The van der Waals surface area contributed by atoms with E-state index in [1.165, 1.54) is 0 Å². The normalized spacial score (nSPS) is 12.3. The molecule has 0 rings (SSSR count). The highest BCUT2D eigenvalue weighted by molar-refractivity contribution is 7.99. The van der Waals surface area contributed by atoms with Gasteiger partial charge in [-0.2, -0.15) is 11.8 Å². The number of nitrogens with two attached hydrogens (primary N) is 1. The lowest BCUT2D eigenvalue weighted by molar-refractivity contribution is -0.125. The predicted octanol–water partition coefficient (Wildman–Crippen LogP) is 0.900. The molecule has 1 amide bonds. The maximum absolute atomic E-state index is 11.6. The van der Waals surface area contributed by atoms with Gasteiger partial charge in [-0.25, -0.2) is 0 Å². The summed E-state index contributed by atoms with van der Waals surface area (Å²) in [6.07, 6.45) is 0. The van der Waals surface area contributed by atoms with Crippen LogP contribution in [-0.2, 0) is 9.59 Å². The number of hydrogen-bond donors (Lipinski definition) is 3. The number of amides is 1. The van der Waals surface area contributed by atoms with Crippen LogP contribution in [0.4, 0.5) is 0 Å². The molecule has 0 aliphatic heterocycles. The van der Waals surface area contributed by atoms with Crippen LogP contribution in [0.2, 0.25) is 0 Å². The molecule has 4 N–H and O–H groups in total. The fourth-order valence-electron chi connectivity index (χ4n) is 1.17. The van der Waals surface area contributed by atoms with Gasteiger partial charge in [-0.1, -0.05) is 34.3 Å². The van der Waals surface area contributed by atoms with Crippen molar-refractivity contribution >= 4 is 23.5 Å². The topological polar surface area (TPSA) is 84.2 Å². The Labute approximate surface area is 126 Å². The second-order valence-corrected chi connectivity index (χ2v) is 6.87. The first kappa shape index (κ1) is 19.0. The van der Waals surface area contributed by atoms with E-state index in [0.29, 0.717) is 10.9 Å². The van der Waals surface area contributed by atoms with Gasteiger partial charge in [-0.3, -0.25) is 9.59 Å². The molecule has 5 nitrogen and oxygen atoms in total. The summed E-state index contributed by atoms with van der Waals surface area (Å²) < 4.78 is 0. The summed E-state index contributed by atoms with van der Waals surface area (Å²) in [5.41, 5.74) is 6.59. The molecule has 0 aliphatic carbocycles. The highest BCUT2D eigenvalue weighted by atomic mass is 32.2. The Balaban J connectivity index is 3.88. The van der Waals surface area contributed by atoms with E-state index in [4.69, 9.17) is 5.73 Å². The van der Waals surface area contributed by atoms with Crippen molar-refractivity contribution in [2.45, 2.75) is 39.0 Å². The minimum Gasteiger partial charge on any atom is -0.379 e. The van der Waals surface area contributed by atoms with Crippen molar-refractivity contribution in [2.24, 2.45) is 11.7 Å². The third-order valence-electron chi connectivity index (χ3n) is 2.64. The molecular formula is C14H27N3O2S. The summed E-state index contributed by atoms with van der Waals surface area (Å²) >= 11 is 1.75. The fraction of sp³-hybridized carbons (Fsp3) is 0.714. The number of carbonyl (C=O) groups is 2. The second-order valence-electron chi connectivity index (χ2n) is 5.27. The highest BCUT2D eigenvalue weighted by Crippen LogP contribution is 2.11. The van der Waals surface area contributed by atoms with Crippen molar-refractivity contribution in [3.63, 3.8) is 0 Å². The van der Waals surface area contributed by atoms with Crippen LogP contribution in [0.3, 0.4) is 0 Å². The number of Topliss-reactive ketones (excluding diaryl/α,β-unsaturated/α-hetero) is 1. The molecule has 0 saturated carbocycles. The SMILES string of the molecule is C=C(NCC(=O)NCC(=O)C(C)C)C(N)CSC(C)C. The maximum Gasteiger partial charge on any atom is 0.239 e. The Kier molecular flexibility index (Phi) is 9.33. The zero-order valence-corrected chi connectivity index (χ0v) is 13.7. The predicted molar refractivity (Wildman–Crippen MR) is 85.6 cm³/mol. The Morgan fingerprint density at radius 2 is 1.75 bits per heavy atom. The van der Waals surface area contributed by atoms with Gasteiger partial charge in [0.05, 0.1) is 19.1 Å². The van der Waals surface area contributed by atoms with Crippen molar-refractivity contribution in [3.8, 4) is 0 Å². The minimum atomic E-state index is -0.233. The van der Waals surface area contributed by atoms with Crippen LogP contribution in [-0.4, -0.2) is 41.8 Å². The van der Waals surface area contributed by atoms with Crippen molar-refractivity contribution in [2.75, 3.05) is 18.8 Å². The van der Waals surface area contributed by atoms with Gasteiger partial charge in [0.1, 0.15) is 0 Å². The molecule has 0 heterocycles. The molecule has 20 heavy (non-hydrogen) atoms. The molecule has 0 aromatic rings. The smallest absolute Gasteiger partial charge is 0.239 e. The Hall–Kier alpha value is -1.01. The molecule has 1 unspecified atom stereocenters. The number of thioether (sulfide) groups is 1. The van der Waals surface area contributed by atoms with Gasteiger partial charge in [-0.05, 0) is 5.25 Å². The molecule has 0 aromatic carbocycles. The first-order valence-electron chi connectivity index (χ1n) is 6.83. The molecule has 116 valence electrons. The van der Waals surface area contributed by atoms with E-state index in [1.54, 1.807) is 25.6 Å². The standard InChI is InChI=1S/C14H27N3O2S/c1-9(2)13(18)6-17-14(19)7-16-11(5)12(15)8-20-10(3)4/h9-10,12,16H,5-8,15H2,1-4H3,(H,17,19). The maximum atomic E-state index is 11.6. The van der Waals surface area contributed by atoms with Gasteiger partial charge in [-0.15, -0.1) is 0 Å². The first-order valence-corrected chi connectivity index (χ1v) is 7.88. The summed E-state index contributed by atoms with van der Waals surface area (Å²) in [6.45, 7) is 11.8. The van der Waals surface area contributed by atoms with Crippen LogP contribution >= 0.6 is 11.8 Å². The van der Waals surface area contributed by atoms with Crippen molar-refractivity contribution in [1.82, 2.24) is 10.6 Å². The summed E-state index contributed by atoms with van der Waals surface area (Å²) in [5.74, 6) is 0.475. The van der Waals surface area contributed by atoms with E-state index in [1.807, 2.05) is 0 Å². The largest absolute Gasteiger partial charge is 0.379 e. The van der Waals surface area contributed by atoms with Gasteiger partial charge in [0.2, 0.25) is 5.91 Å². The van der Waals surface area contributed by atoms with Crippen LogP contribution in [0, 0.1) is 5.92 Å². The van der Waals surface area contributed by atoms with E-state index in [2.05, 4.69) is 31.1 Å². The summed E-state index contributed by atoms with van der Waals surface area (Å²) in [7, 11) is 0. The van der Waals surface area contributed by atoms with Crippen LogP contribution in [0.15, 0.2) is 12.3 Å². The van der Waals surface area contributed by atoms with Crippen LogP contribution in [0.1, 0.15) is 27.7 Å². The molecule has 0 fully saturated rings. The van der Waals surface area contributed by atoms with Crippen molar-refractivity contribution < 1.29 is 9.59 Å². The third kappa shape index (κ3) is 8.98. The van der Waals surface area contributed by atoms with Crippen molar-refractivity contribution in [3.05, 3.63) is 12.3 Å². The van der Waals surface area contributed by atoms with E-state index >= 15 is 0 Å². The van der Waals surface area contributed by atoms with E-state index in [9.17, 15) is 9.59 Å². The molecular weight excluding hydrogens is 274 g/mol. The van der Waals surface area contributed by atoms with Crippen LogP contribution in [0.5, 0.6) is 0 Å². The summed E-state index contributed by atoms with van der Waals surface area (Å²) in [5, 5.41) is 5.99. The zero-order valence-electron chi connectivity index (χ0n) is 12.9. The van der Waals surface area contributed by atoms with Gasteiger partial charge < -0.3 is 16.4 Å². The number of carbonyl (C=O) groups excluding carboxylic acids is 2. The van der Waals surface area contributed by atoms with Gasteiger partial charge in [0.25, 0.3) is 0 Å². The lowest BCUT2D eigenvalue weighted by atomic mass is 10.1. The van der Waals surface area contributed by atoms with Crippen molar-refractivity contribution in [1.29, 1.82) is 0 Å². The number of rotatable bonds is 10. The van der Waals surface area contributed by atoms with Gasteiger partial charge in [0.15, 0.2) is 5.78 Å². The number of nitrogens with one attached hydrogen (secondary N) is 2. The molecule has 0 aromatic heterocycles. The number of ketones is 1. The fourth-order valence-corrected chi connectivity index (χ4v) is 1.97. The lowest BCUT2D eigenvalue weighted by Gasteiger charge is -2.17. The van der Waals surface area contributed by atoms with Crippen LogP contribution in [0.25, 0.3) is 0 Å². The Morgan fingerprint density at radius 1 is 1.15 bits per heavy atom. The number of hydrogen-bond acceptors (Lipinski definition) is 5. The molecule has 0 spiro atoms. The minimum absolute atomic E-state index is 0.0159. The Bertz CT molecular complexity index is 343. The molecule has 1 atom stereocenters. The van der Waals surface area contributed by atoms with E-state index in [0.717, 1.165) is 5.75 Å².